The van der Waals surface area contributed by atoms with Gasteiger partial charge in [-0.25, -0.2) is 15.0 Å². The number of hydrogen-bond donors (Lipinski definition) is 0. The van der Waals surface area contributed by atoms with Gasteiger partial charge in [0, 0.05) is 48.0 Å². The van der Waals surface area contributed by atoms with Crippen molar-refractivity contribution >= 4 is 17.2 Å². The molecule has 1 saturated heterocycles. The zero-order valence-corrected chi connectivity index (χ0v) is 15.3. The first-order valence-electron chi connectivity index (χ1n) is 8.64. The fraction of sp³-hybridized carbons (Fsp3) is 0.316. The van der Waals surface area contributed by atoms with Gasteiger partial charge in [0.1, 0.15) is 11.5 Å². The Morgan fingerprint density at radius 1 is 1.23 bits per heavy atom. The highest BCUT2D eigenvalue weighted by Crippen LogP contribution is 2.29. The molecule has 1 fully saturated rings. The van der Waals surface area contributed by atoms with Crippen LogP contribution in [0.3, 0.4) is 0 Å². The third kappa shape index (κ3) is 3.48. The van der Waals surface area contributed by atoms with E-state index in [9.17, 15) is 4.79 Å². The highest BCUT2D eigenvalue weighted by atomic mass is 32.1. The van der Waals surface area contributed by atoms with Gasteiger partial charge in [0.25, 0.3) is 5.91 Å². The summed E-state index contributed by atoms with van der Waals surface area (Å²) < 4.78 is 0. The van der Waals surface area contributed by atoms with Crippen LogP contribution in [-0.4, -0.2) is 43.8 Å². The number of aromatic nitrogens is 4. The highest BCUT2D eigenvalue weighted by Gasteiger charge is 2.27. The quantitative estimate of drug-likeness (QED) is 0.712. The molecule has 3 aromatic heterocycles. The number of hydrogen-bond acceptors (Lipinski definition) is 6. The molecule has 0 N–H and O–H groups in total. The zero-order chi connectivity index (χ0) is 17.9. The van der Waals surface area contributed by atoms with E-state index in [0.717, 1.165) is 35.6 Å². The number of piperidine rings is 1. The molecule has 4 rings (SSSR count). The molecule has 0 unspecified atom stereocenters. The first-order valence-corrected chi connectivity index (χ1v) is 9.58. The minimum absolute atomic E-state index is 0.0549. The summed E-state index contributed by atoms with van der Waals surface area (Å²) in [4.78, 5) is 31.9. The molecular weight excluding hydrogens is 346 g/mol. The lowest BCUT2D eigenvalue weighted by atomic mass is 9.95. The molecule has 132 valence electrons. The molecule has 4 heterocycles. The van der Waals surface area contributed by atoms with Gasteiger partial charge in [-0.05, 0) is 37.3 Å². The second-order valence-electron chi connectivity index (χ2n) is 6.42. The molecule has 0 atom stereocenters. The van der Waals surface area contributed by atoms with E-state index in [2.05, 4.69) is 31.8 Å². The molecule has 0 bridgehead atoms. The minimum atomic E-state index is -0.0549. The van der Waals surface area contributed by atoms with Crippen LogP contribution in [0.15, 0.2) is 41.5 Å². The number of likely N-dealkylation sites (tertiary alicyclic amines) is 1. The summed E-state index contributed by atoms with van der Waals surface area (Å²) in [5.41, 5.74) is 3.50. The van der Waals surface area contributed by atoms with Crippen molar-refractivity contribution in [2.24, 2.45) is 0 Å². The summed E-state index contributed by atoms with van der Waals surface area (Å²) >= 11 is 1.67. The Morgan fingerprint density at radius 2 is 2.08 bits per heavy atom. The van der Waals surface area contributed by atoms with E-state index in [4.69, 9.17) is 4.98 Å². The van der Waals surface area contributed by atoms with Crippen LogP contribution >= 0.6 is 11.3 Å². The van der Waals surface area contributed by atoms with Crippen LogP contribution in [0.1, 0.15) is 40.8 Å². The number of carbonyl (C=O) groups excluding carboxylic acids is 1. The lowest BCUT2D eigenvalue weighted by molar-refractivity contribution is 0.0704. The van der Waals surface area contributed by atoms with Crippen molar-refractivity contribution in [2.75, 3.05) is 13.1 Å². The molecule has 3 aromatic rings. The van der Waals surface area contributed by atoms with E-state index in [0.29, 0.717) is 18.8 Å². The molecule has 1 aliphatic heterocycles. The summed E-state index contributed by atoms with van der Waals surface area (Å²) in [5, 5.41) is 4.16. The first kappa shape index (κ1) is 16.8. The maximum Gasteiger partial charge on any atom is 0.274 e. The lowest BCUT2D eigenvalue weighted by Gasteiger charge is -2.31. The molecular formula is C19H19N5OS. The molecule has 0 saturated carbocycles. The number of carbonyl (C=O) groups is 1. The SMILES string of the molecule is Cc1cc(-c2ccsc2)nc(C2CCN(C(=O)c3cnccn3)CC2)n1. The molecule has 0 aromatic carbocycles. The average molecular weight is 365 g/mol. The third-order valence-corrected chi connectivity index (χ3v) is 5.30. The number of amides is 1. The Kier molecular flexibility index (Phi) is 4.71. The predicted molar refractivity (Wildman–Crippen MR) is 100.0 cm³/mol. The van der Waals surface area contributed by atoms with E-state index >= 15 is 0 Å². The molecule has 1 aliphatic rings. The van der Waals surface area contributed by atoms with Gasteiger partial charge in [0.15, 0.2) is 0 Å². The van der Waals surface area contributed by atoms with E-state index in [1.54, 1.807) is 23.7 Å². The second kappa shape index (κ2) is 7.29. The smallest absolute Gasteiger partial charge is 0.274 e. The zero-order valence-electron chi connectivity index (χ0n) is 14.5. The van der Waals surface area contributed by atoms with Gasteiger partial charge in [0.05, 0.1) is 11.9 Å². The van der Waals surface area contributed by atoms with Crippen molar-refractivity contribution in [1.82, 2.24) is 24.8 Å². The maximum atomic E-state index is 12.5. The van der Waals surface area contributed by atoms with Crippen molar-refractivity contribution in [3.8, 4) is 11.3 Å². The summed E-state index contributed by atoms with van der Waals surface area (Å²) in [7, 11) is 0. The Morgan fingerprint density at radius 3 is 2.77 bits per heavy atom. The third-order valence-electron chi connectivity index (χ3n) is 4.62. The maximum absolute atomic E-state index is 12.5. The normalized spacial score (nSPS) is 15.2. The standard InChI is InChI=1S/C19H19N5OS/c1-13-10-16(15-4-9-26-12-15)23-18(22-13)14-2-7-24(8-3-14)19(25)17-11-20-5-6-21-17/h4-6,9-12,14H,2-3,7-8H2,1H3. The fourth-order valence-electron chi connectivity index (χ4n) is 3.24. The van der Waals surface area contributed by atoms with Crippen LogP contribution in [0.25, 0.3) is 11.3 Å². The summed E-state index contributed by atoms with van der Waals surface area (Å²) in [6.07, 6.45) is 6.36. The van der Waals surface area contributed by atoms with Gasteiger partial charge in [-0.15, -0.1) is 0 Å². The monoisotopic (exact) mass is 365 g/mol. The second-order valence-corrected chi connectivity index (χ2v) is 7.20. The summed E-state index contributed by atoms with van der Waals surface area (Å²) in [6.45, 7) is 3.38. The van der Waals surface area contributed by atoms with Crippen LogP contribution in [0, 0.1) is 6.92 Å². The summed E-state index contributed by atoms with van der Waals surface area (Å²) in [5.74, 6) is 1.11. The van der Waals surface area contributed by atoms with Crippen LogP contribution in [-0.2, 0) is 0 Å². The molecule has 0 radical (unpaired) electrons. The predicted octanol–water partition coefficient (Wildman–Crippen LogP) is 3.32. The van der Waals surface area contributed by atoms with Crippen LogP contribution in [0.2, 0.25) is 0 Å². The van der Waals surface area contributed by atoms with E-state index in [1.165, 1.54) is 6.20 Å². The van der Waals surface area contributed by atoms with E-state index < -0.39 is 0 Å². The molecule has 1 amide bonds. The van der Waals surface area contributed by atoms with Crippen molar-refractivity contribution in [2.45, 2.75) is 25.7 Å². The average Bonchev–Trinajstić information content (AvgIpc) is 3.23. The van der Waals surface area contributed by atoms with E-state index in [1.807, 2.05) is 17.9 Å². The Bertz CT molecular complexity index is 890. The minimum Gasteiger partial charge on any atom is -0.337 e. The van der Waals surface area contributed by atoms with Gasteiger partial charge in [-0.3, -0.25) is 9.78 Å². The van der Waals surface area contributed by atoms with Crippen molar-refractivity contribution in [1.29, 1.82) is 0 Å². The Labute approximate surface area is 156 Å². The Hall–Kier alpha value is -2.67. The lowest BCUT2D eigenvalue weighted by Crippen LogP contribution is -2.38. The Balaban J connectivity index is 1.47. The first-order chi connectivity index (χ1) is 12.7. The van der Waals surface area contributed by atoms with Crippen LogP contribution in [0.4, 0.5) is 0 Å². The molecule has 0 spiro atoms. The number of thiophene rings is 1. The molecule has 6 nitrogen and oxygen atoms in total. The van der Waals surface area contributed by atoms with Gasteiger partial charge < -0.3 is 4.90 Å². The molecule has 26 heavy (non-hydrogen) atoms. The van der Waals surface area contributed by atoms with Crippen molar-refractivity contribution in [3.05, 3.63) is 58.7 Å². The topological polar surface area (TPSA) is 71.9 Å². The van der Waals surface area contributed by atoms with Crippen LogP contribution < -0.4 is 0 Å². The molecule has 7 heteroatoms. The van der Waals surface area contributed by atoms with Crippen LogP contribution in [0.5, 0.6) is 0 Å². The van der Waals surface area contributed by atoms with Gasteiger partial charge >= 0.3 is 0 Å². The van der Waals surface area contributed by atoms with Crippen molar-refractivity contribution in [3.63, 3.8) is 0 Å². The summed E-state index contributed by atoms with van der Waals surface area (Å²) in [6, 6.07) is 4.11. The number of nitrogens with zero attached hydrogens (tertiary/aromatic N) is 5. The number of aryl methyl sites for hydroxylation is 1. The van der Waals surface area contributed by atoms with Gasteiger partial charge in [0.2, 0.25) is 0 Å². The highest BCUT2D eigenvalue weighted by molar-refractivity contribution is 7.08. The number of rotatable bonds is 3. The van der Waals surface area contributed by atoms with Gasteiger partial charge in [-0.2, -0.15) is 11.3 Å². The fourth-order valence-corrected chi connectivity index (χ4v) is 3.89. The van der Waals surface area contributed by atoms with Gasteiger partial charge in [-0.1, -0.05) is 0 Å². The largest absolute Gasteiger partial charge is 0.337 e. The van der Waals surface area contributed by atoms with E-state index in [-0.39, 0.29) is 11.8 Å². The molecule has 0 aliphatic carbocycles. The van der Waals surface area contributed by atoms with Crippen molar-refractivity contribution < 1.29 is 4.79 Å².